The SMILES string of the molecule is Cc1cc(C)nc(NCCC(=O)N2CCCCC2c2nc(N(C)C)ncc2-c2cccc(Cl)c2)n1. The fraction of sp³-hybridized carbons (Fsp3) is 0.423. The van der Waals surface area contributed by atoms with Gasteiger partial charge in [-0.15, -0.1) is 0 Å². The van der Waals surface area contributed by atoms with Crippen molar-refractivity contribution in [2.75, 3.05) is 37.4 Å². The molecular formula is C26H32ClN7O. The number of hydrogen-bond acceptors (Lipinski definition) is 7. The van der Waals surface area contributed by atoms with Crippen LogP contribution in [0.1, 0.15) is 48.8 Å². The maximum Gasteiger partial charge on any atom is 0.225 e. The molecule has 1 unspecified atom stereocenters. The van der Waals surface area contributed by atoms with E-state index in [0.29, 0.717) is 36.4 Å². The first-order chi connectivity index (χ1) is 16.8. The third-order valence-corrected chi connectivity index (χ3v) is 6.32. The Balaban J connectivity index is 1.58. The number of rotatable bonds is 7. The first-order valence-electron chi connectivity index (χ1n) is 12.0. The maximum absolute atomic E-state index is 13.4. The van der Waals surface area contributed by atoms with Crippen LogP contribution in [-0.4, -0.2) is 57.9 Å². The summed E-state index contributed by atoms with van der Waals surface area (Å²) in [5, 5.41) is 3.86. The van der Waals surface area contributed by atoms with Gasteiger partial charge in [0.05, 0.1) is 11.7 Å². The lowest BCUT2D eigenvalue weighted by Gasteiger charge is -2.36. The average molecular weight is 494 g/mol. The Morgan fingerprint density at radius 2 is 1.91 bits per heavy atom. The Bertz CT molecular complexity index is 1180. The lowest BCUT2D eigenvalue weighted by Crippen LogP contribution is -2.40. The molecule has 0 saturated carbocycles. The second-order valence-electron chi connectivity index (χ2n) is 9.12. The van der Waals surface area contributed by atoms with E-state index in [1.54, 1.807) is 0 Å². The number of nitrogens with zero attached hydrogens (tertiary/aromatic N) is 6. The Hall–Kier alpha value is -3.26. The lowest BCUT2D eigenvalue weighted by molar-refractivity contribution is -0.134. The van der Waals surface area contributed by atoms with Crippen LogP contribution in [0.5, 0.6) is 0 Å². The molecule has 0 spiro atoms. The van der Waals surface area contributed by atoms with Crippen molar-refractivity contribution in [3.05, 3.63) is 58.6 Å². The Morgan fingerprint density at radius 3 is 2.63 bits per heavy atom. The summed E-state index contributed by atoms with van der Waals surface area (Å²) in [5.74, 6) is 1.27. The molecule has 1 fully saturated rings. The molecule has 3 aromatic rings. The third-order valence-electron chi connectivity index (χ3n) is 6.08. The van der Waals surface area contributed by atoms with Crippen LogP contribution in [-0.2, 0) is 4.79 Å². The number of aromatic nitrogens is 4. The molecule has 1 aliphatic heterocycles. The Morgan fingerprint density at radius 1 is 1.14 bits per heavy atom. The number of anilines is 2. The number of hydrogen-bond donors (Lipinski definition) is 1. The molecule has 1 saturated heterocycles. The van der Waals surface area contributed by atoms with E-state index in [0.717, 1.165) is 47.5 Å². The molecule has 1 aromatic carbocycles. The number of carbonyl (C=O) groups is 1. The van der Waals surface area contributed by atoms with Crippen molar-refractivity contribution >= 4 is 29.4 Å². The number of aryl methyl sites for hydroxylation is 2. The van der Waals surface area contributed by atoms with Crippen molar-refractivity contribution in [3.8, 4) is 11.1 Å². The van der Waals surface area contributed by atoms with Crippen LogP contribution in [0.25, 0.3) is 11.1 Å². The first-order valence-corrected chi connectivity index (χ1v) is 12.4. The summed E-state index contributed by atoms with van der Waals surface area (Å²) in [6, 6.07) is 9.50. The molecule has 0 radical (unpaired) electrons. The van der Waals surface area contributed by atoms with Crippen molar-refractivity contribution in [2.45, 2.75) is 45.6 Å². The zero-order chi connectivity index (χ0) is 24.9. The van der Waals surface area contributed by atoms with E-state index in [1.807, 2.05) is 74.3 Å². The second-order valence-corrected chi connectivity index (χ2v) is 9.56. The molecule has 4 rings (SSSR count). The summed E-state index contributed by atoms with van der Waals surface area (Å²) < 4.78 is 0. The molecule has 184 valence electrons. The van der Waals surface area contributed by atoms with Gasteiger partial charge >= 0.3 is 0 Å². The second kappa shape index (κ2) is 11.0. The highest BCUT2D eigenvalue weighted by Crippen LogP contribution is 2.37. The molecule has 2 aromatic heterocycles. The number of halogens is 1. The standard InChI is InChI=1S/C26H32ClN7O/c1-17-14-18(2)31-25(30-17)28-12-11-23(35)34-13-6-5-10-22(34)24-21(16-29-26(32-24)33(3)4)19-8-7-9-20(27)15-19/h7-9,14-16,22H,5-6,10-13H2,1-4H3,(H,28,30,31). The molecular weight excluding hydrogens is 462 g/mol. The molecule has 1 N–H and O–H groups in total. The van der Waals surface area contributed by atoms with Crippen LogP contribution in [0.4, 0.5) is 11.9 Å². The van der Waals surface area contributed by atoms with Gasteiger partial charge in [-0.3, -0.25) is 4.79 Å². The highest BCUT2D eigenvalue weighted by molar-refractivity contribution is 6.30. The first kappa shape index (κ1) is 24.9. The van der Waals surface area contributed by atoms with Crippen LogP contribution < -0.4 is 10.2 Å². The topological polar surface area (TPSA) is 87.1 Å². The summed E-state index contributed by atoms with van der Waals surface area (Å²) in [6.07, 6.45) is 5.08. The summed E-state index contributed by atoms with van der Waals surface area (Å²) in [5.41, 5.74) is 4.52. The van der Waals surface area contributed by atoms with E-state index in [1.165, 1.54) is 0 Å². The van der Waals surface area contributed by atoms with Gasteiger partial charge in [0, 0.05) is 61.8 Å². The van der Waals surface area contributed by atoms with Crippen LogP contribution in [0, 0.1) is 13.8 Å². The average Bonchev–Trinajstić information content (AvgIpc) is 2.83. The minimum absolute atomic E-state index is 0.0913. The molecule has 0 aliphatic carbocycles. The number of likely N-dealkylation sites (tertiary alicyclic amines) is 1. The predicted octanol–water partition coefficient (Wildman–Crippen LogP) is 4.83. The molecule has 8 nitrogen and oxygen atoms in total. The largest absolute Gasteiger partial charge is 0.354 e. The van der Waals surface area contributed by atoms with Gasteiger partial charge in [0.15, 0.2) is 0 Å². The molecule has 0 bridgehead atoms. The van der Waals surface area contributed by atoms with Crippen molar-refractivity contribution in [2.24, 2.45) is 0 Å². The van der Waals surface area contributed by atoms with Crippen molar-refractivity contribution in [3.63, 3.8) is 0 Å². The van der Waals surface area contributed by atoms with Gasteiger partial charge in [0.25, 0.3) is 0 Å². The van der Waals surface area contributed by atoms with Gasteiger partial charge in [-0.25, -0.2) is 19.9 Å². The summed E-state index contributed by atoms with van der Waals surface area (Å²) >= 11 is 6.29. The summed E-state index contributed by atoms with van der Waals surface area (Å²) in [6.45, 7) is 5.05. The van der Waals surface area contributed by atoms with E-state index in [-0.39, 0.29) is 11.9 Å². The number of nitrogens with one attached hydrogen (secondary N) is 1. The van der Waals surface area contributed by atoms with E-state index in [2.05, 4.69) is 20.3 Å². The van der Waals surface area contributed by atoms with Crippen LogP contribution in [0.3, 0.4) is 0 Å². The molecule has 3 heterocycles. The van der Waals surface area contributed by atoms with Gasteiger partial charge in [-0.2, -0.15) is 0 Å². The lowest BCUT2D eigenvalue weighted by atomic mass is 9.93. The van der Waals surface area contributed by atoms with Crippen molar-refractivity contribution in [1.82, 2.24) is 24.8 Å². The zero-order valence-corrected chi connectivity index (χ0v) is 21.5. The van der Waals surface area contributed by atoms with E-state index < -0.39 is 0 Å². The smallest absolute Gasteiger partial charge is 0.225 e. The van der Waals surface area contributed by atoms with Gasteiger partial charge in [-0.05, 0) is 56.9 Å². The summed E-state index contributed by atoms with van der Waals surface area (Å²) in [7, 11) is 3.84. The molecule has 9 heteroatoms. The number of amides is 1. The van der Waals surface area contributed by atoms with Crippen LogP contribution in [0.2, 0.25) is 5.02 Å². The highest BCUT2D eigenvalue weighted by Gasteiger charge is 2.31. The van der Waals surface area contributed by atoms with E-state index in [4.69, 9.17) is 16.6 Å². The normalized spacial score (nSPS) is 15.7. The van der Waals surface area contributed by atoms with E-state index >= 15 is 0 Å². The van der Waals surface area contributed by atoms with Gasteiger partial charge in [-0.1, -0.05) is 23.7 Å². The fourth-order valence-corrected chi connectivity index (χ4v) is 4.67. The highest BCUT2D eigenvalue weighted by atomic mass is 35.5. The number of piperidine rings is 1. The minimum atomic E-state index is -0.121. The number of carbonyl (C=O) groups excluding carboxylic acids is 1. The molecule has 35 heavy (non-hydrogen) atoms. The minimum Gasteiger partial charge on any atom is -0.354 e. The van der Waals surface area contributed by atoms with E-state index in [9.17, 15) is 4.79 Å². The maximum atomic E-state index is 13.4. The van der Waals surface area contributed by atoms with Crippen molar-refractivity contribution < 1.29 is 4.79 Å². The molecule has 1 amide bonds. The predicted molar refractivity (Wildman–Crippen MR) is 140 cm³/mol. The fourth-order valence-electron chi connectivity index (χ4n) is 4.48. The Kier molecular flexibility index (Phi) is 7.80. The van der Waals surface area contributed by atoms with Crippen molar-refractivity contribution in [1.29, 1.82) is 0 Å². The molecule has 1 aliphatic rings. The zero-order valence-electron chi connectivity index (χ0n) is 20.8. The monoisotopic (exact) mass is 493 g/mol. The van der Waals surface area contributed by atoms with Crippen LogP contribution in [0.15, 0.2) is 36.5 Å². The molecule has 1 atom stereocenters. The van der Waals surface area contributed by atoms with Gasteiger partial charge in [0.1, 0.15) is 0 Å². The quantitative estimate of drug-likeness (QED) is 0.504. The summed E-state index contributed by atoms with van der Waals surface area (Å²) in [4.78, 5) is 35.5. The van der Waals surface area contributed by atoms with Crippen LogP contribution >= 0.6 is 11.6 Å². The Labute approximate surface area is 211 Å². The number of benzene rings is 1. The van der Waals surface area contributed by atoms with Gasteiger partial charge < -0.3 is 15.1 Å². The third kappa shape index (κ3) is 6.06. The van der Waals surface area contributed by atoms with Gasteiger partial charge in [0.2, 0.25) is 17.8 Å².